The van der Waals surface area contributed by atoms with Gasteiger partial charge in [-0.1, -0.05) is 18.2 Å². The van der Waals surface area contributed by atoms with E-state index >= 15 is 0 Å². The van der Waals surface area contributed by atoms with Crippen LogP contribution >= 0.6 is 11.6 Å². The van der Waals surface area contributed by atoms with Gasteiger partial charge in [0.2, 0.25) is 0 Å². The molecule has 0 saturated carbocycles. The van der Waals surface area contributed by atoms with Crippen molar-refractivity contribution in [1.82, 2.24) is 4.57 Å². The molecule has 0 amide bonds. The van der Waals surface area contributed by atoms with Gasteiger partial charge in [-0.25, -0.2) is 0 Å². The fourth-order valence-corrected chi connectivity index (χ4v) is 1.67. The number of rotatable bonds is 2. The van der Waals surface area contributed by atoms with Gasteiger partial charge in [-0.2, -0.15) is 0 Å². The smallest absolute Gasteiger partial charge is 0.0577 e. The summed E-state index contributed by atoms with van der Waals surface area (Å²) in [4.78, 5) is 0. The Labute approximate surface area is 87.6 Å². The summed E-state index contributed by atoms with van der Waals surface area (Å²) in [7, 11) is 0. The molecule has 0 saturated heterocycles. The molecule has 3 heteroatoms. The quantitative estimate of drug-likeness (QED) is 0.753. The third-order valence-electron chi connectivity index (χ3n) is 2.14. The molecule has 0 unspecified atom stereocenters. The van der Waals surface area contributed by atoms with Crippen LogP contribution in [0.3, 0.4) is 0 Å². The Morgan fingerprint density at radius 2 is 2.21 bits per heavy atom. The Bertz CT molecular complexity index is 485. The third kappa shape index (κ3) is 1.61. The van der Waals surface area contributed by atoms with Crippen molar-refractivity contribution in [3.8, 4) is 0 Å². The number of halogens is 1. The largest absolute Gasteiger partial charge is 0.399 e. The van der Waals surface area contributed by atoms with E-state index in [2.05, 4.69) is 6.58 Å². The molecular weight excluding hydrogens is 196 g/mol. The minimum atomic E-state index is 0.624. The van der Waals surface area contributed by atoms with Gasteiger partial charge in [0.1, 0.15) is 0 Å². The van der Waals surface area contributed by atoms with E-state index in [0.29, 0.717) is 11.6 Å². The van der Waals surface area contributed by atoms with Gasteiger partial charge in [-0.3, -0.25) is 0 Å². The first kappa shape index (κ1) is 9.16. The van der Waals surface area contributed by atoms with Crippen LogP contribution in [0.4, 0.5) is 5.69 Å². The van der Waals surface area contributed by atoms with Gasteiger partial charge in [0.05, 0.1) is 6.54 Å². The SMILES string of the molecule is C=C(Cl)Cn1ccc2cc(N)ccc21. The van der Waals surface area contributed by atoms with Crippen molar-refractivity contribution in [3.05, 3.63) is 42.1 Å². The first-order valence-corrected chi connectivity index (χ1v) is 4.72. The summed E-state index contributed by atoms with van der Waals surface area (Å²) in [5.74, 6) is 0. The topological polar surface area (TPSA) is 30.9 Å². The van der Waals surface area contributed by atoms with Crippen LogP contribution in [0, 0.1) is 0 Å². The van der Waals surface area contributed by atoms with Crippen LogP contribution in [-0.4, -0.2) is 4.57 Å². The molecule has 0 bridgehead atoms. The monoisotopic (exact) mass is 206 g/mol. The number of nitrogen functional groups attached to an aromatic ring is 1. The molecule has 1 aromatic heterocycles. The summed E-state index contributed by atoms with van der Waals surface area (Å²) in [5.41, 5.74) is 7.59. The second-order valence-corrected chi connectivity index (χ2v) is 3.81. The molecule has 0 fully saturated rings. The number of fused-ring (bicyclic) bond motifs is 1. The van der Waals surface area contributed by atoms with Crippen LogP contribution in [0.15, 0.2) is 42.1 Å². The van der Waals surface area contributed by atoms with Crippen LogP contribution in [0.1, 0.15) is 0 Å². The second-order valence-electron chi connectivity index (χ2n) is 3.28. The highest BCUT2D eigenvalue weighted by Gasteiger charge is 2.01. The maximum atomic E-state index is 5.76. The van der Waals surface area contributed by atoms with Crippen molar-refractivity contribution >= 4 is 28.2 Å². The summed E-state index contributed by atoms with van der Waals surface area (Å²) in [6, 6.07) is 7.84. The maximum Gasteiger partial charge on any atom is 0.0577 e. The van der Waals surface area contributed by atoms with E-state index in [1.54, 1.807) is 0 Å². The fraction of sp³-hybridized carbons (Fsp3) is 0.0909. The van der Waals surface area contributed by atoms with E-state index in [1.165, 1.54) is 0 Å². The zero-order valence-electron chi connectivity index (χ0n) is 7.70. The number of hydrogen-bond donors (Lipinski definition) is 1. The normalized spacial score (nSPS) is 10.6. The number of hydrogen-bond acceptors (Lipinski definition) is 1. The van der Waals surface area contributed by atoms with E-state index in [-0.39, 0.29) is 0 Å². The van der Waals surface area contributed by atoms with E-state index in [4.69, 9.17) is 17.3 Å². The van der Waals surface area contributed by atoms with Gasteiger partial charge in [-0.05, 0) is 24.3 Å². The molecule has 0 radical (unpaired) electrons. The average Bonchev–Trinajstić information content (AvgIpc) is 2.47. The van der Waals surface area contributed by atoms with E-state index in [1.807, 2.05) is 35.0 Å². The highest BCUT2D eigenvalue weighted by atomic mass is 35.5. The summed E-state index contributed by atoms with van der Waals surface area (Å²) in [6.45, 7) is 4.31. The highest BCUT2D eigenvalue weighted by molar-refractivity contribution is 6.29. The summed E-state index contributed by atoms with van der Waals surface area (Å²) in [5, 5.41) is 1.75. The Balaban J connectivity index is 2.52. The van der Waals surface area contributed by atoms with Gasteiger partial charge < -0.3 is 10.3 Å². The van der Waals surface area contributed by atoms with Crippen LogP contribution in [0.25, 0.3) is 10.9 Å². The Morgan fingerprint density at radius 1 is 1.43 bits per heavy atom. The lowest BCUT2D eigenvalue weighted by Crippen LogP contribution is -1.94. The van der Waals surface area contributed by atoms with Gasteiger partial charge in [0.25, 0.3) is 0 Å². The minimum absolute atomic E-state index is 0.624. The molecule has 0 atom stereocenters. The van der Waals surface area contributed by atoms with Crippen LogP contribution in [0.5, 0.6) is 0 Å². The average molecular weight is 207 g/mol. The van der Waals surface area contributed by atoms with E-state index in [0.717, 1.165) is 16.6 Å². The van der Waals surface area contributed by atoms with Crippen molar-refractivity contribution in [1.29, 1.82) is 0 Å². The van der Waals surface area contributed by atoms with Crippen molar-refractivity contribution in [3.63, 3.8) is 0 Å². The lowest BCUT2D eigenvalue weighted by atomic mass is 10.2. The standard InChI is InChI=1S/C11H11ClN2/c1-8(12)7-14-5-4-9-6-10(13)2-3-11(9)14/h2-6H,1,7,13H2. The predicted molar refractivity (Wildman–Crippen MR) is 61.3 cm³/mol. The van der Waals surface area contributed by atoms with Gasteiger partial charge in [0, 0.05) is 27.8 Å². The van der Waals surface area contributed by atoms with E-state index < -0.39 is 0 Å². The molecule has 14 heavy (non-hydrogen) atoms. The lowest BCUT2D eigenvalue weighted by Gasteiger charge is -2.03. The Morgan fingerprint density at radius 3 is 2.93 bits per heavy atom. The molecule has 0 aliphatic rings. The molecule has 2 aromatic rings. The molecule has 2 N–H and O–H groups in total. The van der Waals surface area contributed by atoms with Crippen LogP contribution < -0.4 is 5.73 Å². The molecule has 2 rings (SSSR count). The number of anilines is 1. The molecule has 1 heterocycles. The van der Waals surface area contributed by atoms with Gasteiger partial charge >= 0.3 is 0 Å². The number of allylic oxidation sites excluding steroid dienone is 1. The predicted octanol–water partition coefficient (Wildman–Crippen LogP) is 2.98. The summed E-state index contributed by atoms with van der Waals surface area (Å²) in [6.07, 6.45) is 1.98. The van der Waals surface area contributed by atoms with Crippen molar-refractivity contribution in [2.45, 2.75) is 6.54 Å². The third-order valence-corrected chi connectivity index (χ3v) is 2.26. The van der Waals surface area contributed by atoms with Crippen molar-refractivity contribution in [2.24, 2.45) is 0 Å². The van der Waals surface area contributed by atoms with Crippen LogP contribution in [-0.2, 0) is 6.54 Å². The highest BCUT2D eigenvalue weighted by Crippen LogP contribution is 2.19. The van der Waals surface area contributed by atoms with E-state index in [9.17, 15) is 0 Å². The molecule has 2 nitrogen and oxygen atoms in total. The van der Waals surface area contributed by atoms with Gasteiger partial charge in [0.15, 0.2) is 0 Å². The minimum Gasteiger partial charge on any atom is -0.399 e. The second kappa shape index (κ2) is 3.39. The molecule has 0 aliphatic carbocycles. The van der Waals surface area contributed by atoms with Crippen LogP contribution in [0.2, 0.25) is 0 Å². The van der Waals surface area contributed by atoms with Crippen molar-refractivity contribution in [2.75, 3.05) is 5.73 Å². The number of nitrogens with zero attached hydrogens (tertiary/aromatic N) is 1. The molecular formula is C11H11ClN2. The molecule has 0 aliphatic heterocycles. The first-order chi connectivity index (χ1) is 6.66. The van der Waals surface area contributed by atoms with Crippen molar-refractivity contribution < 1.29 is 0 Å². The van der Waals surface area contributed by atoms with Gasteiger partial charge in [-0.15, -0.1) is 0 Å². The molecule has 0 spiro atoms. The summed E-state index contributed by atoms with van der Waals surface area (Å²) < 4.78 is 2.05. The maximum absolute atomic E-state index is 5.76. The molecule has 72 valence electrons. The zero-order chi connectivity index (χ0) is 10.1. The molecule has 1 aromatic carbocycles. The summed E-state index contributed by atoms with van der Waals surface area (Å²) >= 11 is 5.76. The Kier molecular flexibility index (Phi) is 2.22. The lowest BCUT2D eigenvalue weighted by molar-refractivity contribution is 0.853. The number of benzene rings is 1. The fourth-order valence-electron chi connectivity index (χ4n) is 1.54. The number of nitrogens with two attached hydrogens (primary N) is 1. The first-order valence-electron chi connectivity index (χ1n) is 4.34. The Hall–Kier alpha value is -1.41. The number of aromatic nitrogens is 1. The zero-order valence-corrected chi connectivity index (χ0v) is 8.46.